The number of rotatable bonds is 6. The van der Waals surface area contributed by atoms with Crippen LogP contribution in [0, 0.1) is 22.7 Å². The molecule has 1 amide bonds. The van der Waals surface area contributed by atoms with E-state index in [-0.39, 0.29) is 11.5 Å². The zero-order valence-electron chi connectivity index (χ0n) is 10.6. The minimum atomic E-state index is -0.163. The molecular weight excluding hydrogens is 228 g/mol. The minimum Gasteiger partial charge on any atom is -0.379 e. The number of carbonyl (C=O) groups is 1. The van der Waals surface area contributed by atoms with Gasteiger partial charge in [-0.2, -0.15) is 10.5 Å². The van der Waals surface area contributed by atoms with Gasteiger partial charge in [0, 0.05) is 25.7 Å². The fourth-order valence-corrected chi connectivity index (χ4v) is 0.957. The Morgan fingerprint density at radius 3 is 2.56 bits per heavy atom. The Bertz CT molecular complexity index is 433. The van der Waals surface area contributed by atoms with E-state index in [4.69, 9.17) is 10.5 Å². The number of allylic oxidation sites excluding steroid dienone is 3. The average Bonchev–Trinajstić information content (AvgIpc) is 2.34. The molecule has 0 aliphatic carbocycles. The third-order valence-corrected chi connectivity index (χ3v) is 1.98. The molecule has 1 N–H and O–H groups in total. The molecule has 0 unspecified atom stereocenters. The van der Waals surface area contributed by atoms with Crippen LogP contribution in [0.2, 0.25) is 0 Å². The fraction of sp³-hybridized carbons (Fsp3) is 0.308. The summed E-state index contributed by atoms with van der Waals surface area (Å²) in [5.41, 5.74) is 0.527. The van der Waals surface area contributed by atoms with Crippen LogP contribution < -0.4 is 5.32 Å². The Balaban J connectivity index is 4.03. The summed E-state index contributed by atoms with van der Waals surface area (Å²) < 4.78 is 0. The highest BCUT2D eigenvalue weighted by molar-refractivity contribution is 5.92. The van der Waals surface area contributed by atoms with E-state index < -0.39 is 0 Å². The standard InChI is InChI=1S/C13H16N4O/c1-11(2)13(18)16-6-8-17(3)7-4-5-12(9-14)10-15/h4-5,7H,1,6,8H2,2-3H3,(H,16,18)/b7-4+. The molecule has 0 radical (unpaired) electrons. The van der Waals surface area contributed by atoms with E-state index in [9.17, 15) is 4.79 Å². The largest absolute Gasteiger partial charge is 0.379 e. The van der Waals surface area contributed by atoms with Gasteiger partial charge in [-0.3, -0.25) is 4.79 Å². The van der Waals surface area contributed by atoms with Crippen molar-refractivity contribution < 1.29 is 4.79 Å². The first-order valence-corrected chi connectivity index (χ1v) is 5.34. The van der Waals surface area contributed by atoms with Crippen molar-refractivity contribution in [2.45, 2.75) is 6.92 Å². The van der Waals surface area contributed by atoms with Gasteiger partial charge in [-0.05, 0) is 25.3 Å². The van der Waals surface area contributed by atoms with Crippen LogP contribution in [-0.4, -0.2) is 30.9 Å². The number of carbonyl (C=O) groups excluding carboxylic acids is 1. The molecule has 0 rings (SSSR count). The molecule has 0 bridgehead atoms. The summed E-state index contributed by atoms with van der Waals surface area (Å²) >= 11 is 0. The van der Waals surface area contributed by atoms with Crippen LogP contribution >= 0.6 is 0 Å². The molecule has 0 atom stereocenters. The molecule has 0 aromatic heterocycles. The Hall–Kier alpha value is -2.53. The maximum atomic E-state index is 11.2. The molecule has 0 saturated heterocycles. The van der Waals surface area contributed by atoms with Crippen molar-refractivity contribution in [3.05, 3.63) is 36.1 Å². The molecule has 94 valence electrons. The molecule has 0 heterocycles. The monoisotopic (exact) mass is 244 g/mol. The molecule has 0 aromatic rings. The molecule has 0 aliphatic rings. The van der Waals surface area contributed by atoms with E-state index in [0.717, 1.165) is 0 Å². The first-order valence-electron chi connectivity index (χ1n) is 5.34. The lowest BCUT2D eigenvalue weighted by molar-refractivity contribution is -0.117. The molecule has 0 spiro atoms. The van der Waals surface area contributed by atoms with Crippen molar-refractivity contribution in [3.63, 3.8) is 0 Å². The number of hydrogen-bond acceptors (Lipinski definition) is 4. The van der Waals surface area contributed by atoms with Gasteiger partial charge in [-0.15, -0.1) is 0 Å². The summed E-state index contributed by atoms with van der Waals surface area (Å²) in [6.45, 7) is 6.30. The molecule has 5 heteroatoms. The highest BCUT2D eigenvalue weighted by Gasteiger charge is 1.99. The van der Waals surface area contributed by atoms with Gasteiger partial charge in [-0.25, -0.2) is 0 Å². The predicted octanol–water partition coefficient (Wildman–Crippen LogP) is 1.10. The lowest BCUT2D eigenvalue weighted by atomic mass is 10.3. The maximum absolute atomic E-state index is 11.2. The Morgan fingerprint density at radius 2 is 2.06 bits per heavy atom. The summed E-state index contributed by atoms with van der Waals surface area (Å²) in [4.78, 5) is 13.0. The molecule has 0 aromatic carbocycles. The van der Waals surface area contributed by atoms with Gasteiger partial charge in [0.25, 0.3) is 0 Å². The zero-order chi connectivity index (χ0) is 14.0. The third-order valence-electron chi connectivity index (χ3n) is 1.98. The second-order valence-corrected chi connectivity index (χ2v) is 3.66. The first-order chi connectivity index (χ1) is 8.51. The van der Waals surface area contributed by atoms with Crippen molar-refractivity contribution in [2.75, 3.05) is 20.1 Å². The number of nitriles is 2. The number of hydrogen-bond donors (Lipinski definition) is 1. The minimum absolute atomic E-state index is 0.0511. The smallest absolute Gasteiger partial charge is 0.246 e. The Morgan fingerprint density at radius 1 is 1.44 bits per heavy atom. The van der Waals surface area contributed by atoms with E-state index in [1.807, 2.05) is 11.9 Å². The zero-order valence-corrected chi connectivity index (χ0v) is 10.6. The summed E-state index contributed by atoms with van der Waals surface area (Å²) in [7, 11) is 1.83. The van der Waals surface area contributed by atoms with Gasteiger partial charge < -0.3 is 10.2 Å². The van der Waals surface area contributed by atoms with Crippen molar-refractivity contribution >= 4 is 5.91 Å². The highest BCUT2D eigenvalue weighted by atomic mass is 16.1. The van der Waals surface area contributed by atoms with Crippen LogP contribution in [0.1, 0.15) is 6.92 Å². The van der Waals surface area contributed by atoms with Crippen molar-refractivity contribution in [1.29, 1.82) is 10.5 Å². The van der Waals surface area contributed by atoms with Crippen LogP contribution in [0.3, 0.4) is 0 Å². The van der Waals surface area contributed by atoms with Crippen molar-refractivity contribution in [3.8, 4) is 12.1 Å². The topological polar surface area (TPSA) is 79.9 Å². The van der Waals surface area contributed by atoms with Gasteiger partial charge in [-0.1, -0.05) is 6.58 Å². The normalized spacial score (nSPS) is 9.11. The predicted molar refractivity (Wildman–Crippen MR) is 68.9 cm³/mol. The first kappa shape index (κ1) is 15.5. The van der Waals surface area contributed by atoms with Gasteiger partial charge in [0.2, 0.25) is 5.91 Å². The Kier molecular flexibility index (Phi) is 7.39. The number of likely N-dealkylation sites (N-methyl/N-ethyl adjacent to an activating group) is 1. The van der Waals surface area contributed by atoms with Crippen molar-refractivity contribution in [1.82, 2.24) is 10.2 Å². The van der Waals surface area contributed by atoms with E-state index in [0.29, 0.717) is 18.7 Å². The van der Waals surface area contributed by atoms with E-state index in [1.54, 1.807) is 31.3 Å². The second kappa shape index (κ2) is 8.60. The van der Waals surface area contributed by atoms with Gasteiger partial charge in [0.15, 0.2) is 0 Å². The molecule has 0 aliphatic heterocycles. The number of nitrogens with zero attached hydrogens (tertiary/aromatic N) is 3. The summed E-state index contributed by atoms with van der Waals surface area (Å²) in [5.74, 6) is -0.163. The quantitative estimate of drug-likeness (QED) is 0.431. The Labute approximate surface area is 107 Å². The lowest BCUT2D eigenvalue weighted by Gasteiger charge is -2.13. The van der Waals surface area contributed by atoms with Gasteiger partial charge >= 0.3 is 0 Å². The summed E-state index contributed by atoms with van der Waals surface area (Å²) in [5, 5.41) is 19.7. The highest BCUT2D eigenvalue weighted by Crippen LogP contribution is 1.92. The van der Waals surface area contributed by atoms with Crippen molar-refractivity contribution in [2.24, 2.45) is 0 Å². The van der Waals surface area contributed by atoms with Crippen LogP contribution in [-0.2, 0) is 4.79 Å². The third kappa shape index (κ3) is 6.86. The SMILES string of the molecule is C=C(C)C(=O)NCCN(C)/C=C/C=C(C#N)C#N. The van der Waals surface area contributed by atoms with E-state index in [1.165, 1.54) is 6.08 Å². The fourth-order valence-electron chi connectivity index (χ4n) is 0.957. The summed E-state index contributed by atoms with van der Waals surface area (Å²) in [6.07, 6.45) is 4.77. The van der Waals surface area contributed by atoms with Gasteiger partial charge in [0.05, 0.1) is 0 Å². The summed E-state index contributed by atoms with van der Waals surface area (Å²) in [6, 6.07) is 3.52. The lowest BCUT2D eigenvalue weighted by Crippen LogP contribution is -2.31. The molecular formula is C13H16N4O. The van der Waals surface area contributed by atoms with Crippen LogP contribution in [0.5, 0.6) is 0 Å². The molecule has 18 heavy (non-hydrogen) atoms. The maximum Gasteiger partial charge on any atom is 0.246 e. The van der Waals surface area contributed by atoms with Crippen LogP contribution in [0.4, 0.5) is 0 Å². The molecule has 0 fully saturated rings. The van der Waals surface area contributed by atoms with Gasteiger partial charge in [0.1, 0.15) is 17.7 Å². The van der Waals surface area contributed by atoms with Crippen LogP contribution in [0.15, 0.2) is 36.1 Å². The van der Waals surface area contributed by atoms with Crippen LogP contribution in [0.25, 0.3) is 0 Å². The van der Waals surface area contributed by atoms with E-state index in [2.05, 4.69) is 11.9 Å². The number of amides is 1. The molecule has 0 saturated carbocycles. The second-order valence-electron chi connectivity index (χ2n) is 3.66. The number of nitrogens with one attached hydrogen (secondary N) is 1. The van der Waals surface area contributed by atoms with E-state index >= 15 is 0 Å². The molecule has 5 nitrogen and oxygen atoms in total. The average molecular weight is 244 g/mol.